The van der Waals surface area contributed by atoms with Crippen LogP contribution in [0.1, 0.15) is 0 Å². The van der Waals surface area contributed by atoms with E-state index in [1.807, 2.05) is 4.40 Å². The molecular weight excluding hydrogens is 226 g/mol. The predicted molar refractivity (Wildman–Crippen MR) is 30.6 cm³/mol. The Morgan fingerprint density at radius 1 is 1.33 bits per heavy atom. The largest absolute Gasteiger partial charge is 0.591 e. The van der Waals surface area contributed by atoms with E-state index in [0.29, 0.717) is 6.08 Å². The molecule has 0 radical (unpaired) electrons. The van der Waals surface area contributed by atoms with Gasteiger partial charge >= 0.3 is 18.4 Å². The number of carbonyl (C=O) groups excluding carboxylic acids is 1. The minimum absolute atomic E-state index is 0.645. The van der Waals surface area contributed by atoms with Gasteiger partial charge in [0.15, 0.2) is 0 Å². The summed E-state index contributed by atoms with van der Waals surface area (Å²) < 4.78 is 66.2. The number of rotatable bonds is 1. The molecule has 0 aliphatic rings. The van der Waals surface area contributed by atoms with Crippen molar-refractivity contribution in [3.05, 3.63) is 0 Å². The molecule has 0 spiro atoms. The van der Waals surface area contributed by atoms with Gasteiger partial charge in [0.2, 0.25) is 0 Å². The van der Waals surface area contributed by atoms with Crippen molar-refractivity contribution < 1.29 is 34.9 Å². The van der Waals surface area contributed by atoms with E-state index in [-0.39, 0.29) is 0 Å². The summed E-state index contributed by atoms with van der Waals surface area (Å²) in [7, 11) is -10.6. The van der Waals surface area contributed by atoms with Crippen molar-refractivity contribution in [2.45, 2.75) is 0 Å². The lowest BCUT2D eigenvalue weighted by Crippen LogP contribution is -1.87. The standard InChI is InChI=1S/CHNO4S.F3OP/c3-1-2-7(4,5)6;1-5(2,3)4/h(H,4,5,6);. The zero-order chi connectivity index (χ0) is 10.4. The first-order chi connectivity index (χ1) is 5.06. The molecule has 0 amide bonds. The molecule has 0 aromatic heterocycles. The minimum Gasteiger partial charge on any atom is -0.267 e. The van der Waals surface area contributed by atoms with Crippen molar-refractivity contribution >= 4 is 24.5 Å². The number of halogens is 3. The predicted octanol–water partition coefficient (Wildman–Crippen LogP) is 1.13. The van der Waals surface area contributed by atoms with E-state index in [1.54, 1.807) is 0 Å². The molecule has 72 valence electrons. The number of hydrogen-bond acceptors (Lipinski definition) is 4. The van der Waals surface area contributed by atoms with Gasteiger partial charge in [-0.25, -0.2) is 9.36 Å². The van der Waals surface area contributed by atoms with Crippen LogP contribution in [0.3, 0.4) is 0 Å². The highest BCUT2D eigenvalue weighted by atomic mass is 32.2. The lowest BCUT2D eigenvalue weighted by Gasteiger charge is -1.70. The zero-order valence-corrected chi connectivity index (χ0v) is 6.73. The third kappa shape index (κ3) is 58.7. The van der Waals surface area contributed by atoms with Crippen molar-refractivity contribution in [1.82, 2.24) is 0 Å². The van der Waals surface area contributed by atoms with Crippen LogP contribution in [-0.4, -0.2) is 19.1 Å². The second kappa shape index (κ2) is 5.04. The van der Waals surface area contributed by atoms with Crippen molar-refractivity contribution in [3.63, 3.8) is 0 Å². The van der Waals surface area contributed by atoms with E-state index < -0.39 is 18.4 Å². The van der Waals surface area contributed by atoms with Gasteiger partial charge in [0.1, 0.15) is 0 Å². The van der Waals surface area contributed by atoms with Crippen LogP contribution in [0, 0.1) is 0 Å². The molecule has 0 saturated heterocycles. The first-order valence-corrected chi connectivity index (χ1v) is 4.59. The van der Waals surface area contributed by atoms with Gasteiger partial charge in [0, 0.05) is 0 Å². The Kier molecular flexibility index (Phi) is 5.83. The van der Waals surface area contributed by atoms with Gasteiger partial charge < -0.3 is 0 Å². The molecule has 6 nitrogen and oxygen atoms in total. The molecule has 0 unspecified atom stereocenters. The Morgan fingerprint density at radius 2 is 1.58 bits per heavy atom. The molecule has 0 rings (SSSR count). The molecule has 0 atom stereocenters. The molecule has 0 aromatic rings. The van der Waals surface area contributed by atoms with E-state index in [2.05, 4.69) is 0 Å². The smallest absolute Gasteiger partial charge is 0.267 e. The summed E-state index contributed by atoms with van der Waals surface area (Å²) in [5.41, 5.74) is 0. The van der Waals surface area contributed by atoms with Crippen LogP contribution in [0.4, 0.5) is 12.6 Å². The van der Waals surface area contributed by atoms with Crippen LogP contribution in [0.2, 0.25) is 0 Å². The van der Waals surface area contributed by atoms with Crippen molar-refractivity contribution in [1.29, 1.82) is 0 Å². The highest BCUT2D eigenvalue weighted by molar-refractivity contribution is 7.84. The normalized spacial score (nSPS) is 10.7. The minimum atomic E-state index is -6.14. The molecule has 0 aliphatic carbocycles. The van der Waals surface area contributed by atoms with Gasteiger partial charge in [-0.05, 0) is 0 Å². The molecule has 1 N–H and O–H groups in total. The maximum Gasteiger partial charge on any atom is 0.591 e. The molecule has 0 aliphatic heterocycles. The highest BCUT2D eigenvalue weighted by Gasteiger charge is 2.13. The van der Waals surface area contributed by atoms with Crippen LogP contribution in [-0.2, 0) is 19.7 Å². The summed E-state index contributed by atoms with van der Waals surface area (Å²) in [6.07, 6.45) is 0.645. The fraction of sp³-hybridized carbons (Fsp3) is 0. The quantitative estimate of drug-likeness (QED) is 0.313. The molecule has 0 bridgehead atoms. The summed E-state index contributed by atoms with van der Waals surface area (Å²) in [6, 6.07) is 0. The lowest BCUT2D eigenvalue weighted by molar-refractivity contribution is 0.440. The summed E-state index contributed by atoms with van der Waals surface area (Å²) in [5.74, 6) is 0. The van der Waals surface area contributed by atoms with Gasteiger partial charge in [0.05, 0.1) is 0 Å². The molecule has 12 heavy (non-hydrogen) atoms. The molecule has 0 saturated carbocycles. The maximum absolute atomic E-state index is 9.91. The highest BCUT2D eigenvalue weighted by Crippen LogP contribution is 2.50. The van der Waals surface area contributed by atoms with Gasteiger partial charge in [-0.1, -0.05) is 4.40 Å². The average molecular weight is 227 g/mol. The van der Waals surface area contributed by atoms with Crippen molar-refractivity contribution in [3.8, 4) is 0 Å². The van der Waals surface area contributed by atoms with Crippen molar-refractivity contribution in [2.75, 3.05) is 0 Å². The third-order valence-electron chi connectivity index (χ3n) is 0.153. The van der Waals surface area contributed by atoms with Crippen LogP contribution in [0.5, 0.6) is 0 Å². The Labute approximate surface area is 64.7 Å². The van der Waals surface area contributed by atoms with Gasteiger partial charge in [0.25, 0.3) is 6.08 Å². The Hall–Kier alpha value is -0.690. The molecular formula is CHF3NO5PS. The maximum atomic E-state index is 9.91. The van der Waals surface area contributed by atoms with Crippen LogP contribution >= 0.6 is 8.07 Å². The van der Waals surface area contributed by atoms with E-state index >= 15 is 0 Å². The second-order valence-electron chi connectivity index (χ2n) is 1.03. The van der Waals surface area contributed by atoms with Crippen molar-refractivity contribution in [2.24, 2.45) is 4.40 Å². The summed E-state index contributed by atoms with van der Waals surface area (Å²) in [5, 5.41) is 0. The first kappa shape index (κ1) is 13.9. The van der Waals surface area contributed by atoms with Gasteiger partial charge in [-0.3, -0.25) is 4.55 Å². The Balaban J connectivity index is 0. The zero-order valence-electron chi connectivity index (χ0n) is 5.02. The van der Waals surface area contributed by atoms with Crippen LogP contribution in [0.25, 0.3) is 0 Å². The fourth-order valence-corrected chi connectivity index (χ4v) is 0.141. The van der Waals surface area contributed by atoms with Crippen LogP contribution < -0.4 is 0 Å². The number of nitrogens with zero attached hydrogens (tertiary/aromatic N) is 1. The van der Waals surface area contributed by atoms with Gasteiger partial charge in [-0.2, -0.15) is 8.42 Å². The van der Waals surface area contributed by atoms with E-state index in [1.165, 1.54) is 0 Å². The molecule has 0 fully saturated rings. The monoisotopic (exact) mass is 227 g/mol. The third-order valence-corrected chi connectivity index (χ3v) is 0.458. The van der Waals surface area contributed by atoms with E-state index in [9.17, 15) is 21.0 Å². The SMILES string of the molecule is O=C=NS(=O)(=O)O.O=P(F)(F)F. The first-order valence-electron chi connectivity index (χ1n) is 1.82. The van der Waals surface area contributed by atoms with Gasteiger partial charge in [-0.15, -0.1) is 12.6 Å². The fourth-order valence-electron chi connectivity index (χ4n) is 0.0471. The second-order valence-corrected chi connectivity index (χ2v) is 2.90. The summed E-state index contributed by atoms with van der Waals surface area (Å²) in [6.45, 7) is 0. The molecule has 0 aromatic carbocycles. The number of isocyanates is 1. The Bertz CT molecular complexity index is 303. The number of hydrogen-bond donors (Lipinski definition) is 1. The Morgan fingerprint density at radius 3 is 1.58 bits per heavy atom. The topological polar surface area (TPSA) is 101 Å². The lowest BCUT2D eigenvalue weighted by atomic mass is 11.7. The van der Waals surface area contributed by atoms with E-state index in [4.69, 9.17) is 13.9 Å². The summed E-state index contributed by atoms with van der Waals surface area (Å²) in [4.78, 5) is 8.99. The summed E-state index contributed by atoms with van der Waals surface area (Å²) >= 11 is 0. The molecule has 11 heteroatoms. The van der Waals surface area contributed by atoms with Crippen LogP contribution in [0.15, 0.2) is 4.40 Å². The molecule has 0 heterocycles. The van der Waals surface area contributed by atoms with E-state index in [0.717, 1.165) is 0 Å². The average Bonchev–Trinajstić information content (AvgIpc) is 1.54.